The van der Waals surface area contributed by atoms with Gasteiger partial charge < -0.3 is 10.2 Å². The number of benzene rings is 3. The van der Waals surface area contributed by atoms with Crippen LogP contribution in [0.1, 0.15) is 34.5 Å². The zero-order valence-electron chi connectivity index (χ0n) is 17.4. The topological polar surface area (TPSA) is 92.6 Å². The van der Waals surface area contributed by atoms with Crippen molar-refractivity contribution in [1.82, 2.24) is 10.2 Å². The van der Waals surface area contributed by atoms with Crippen LogP contribution in [0.2, 0.25) is 0 Å². The highest BCUT2D eigenvalue weighted by Gasteiger charge is 2.37. The fourth-order valence-electron chi connectivity index (χ4n) is 3.97. The number of nitrogens with zero attached hydrogens (tertiary/aromatic N) is 2. The standard InChI is InChI=1S/C24H23N3O4/c1-15-10-11-19(27(30)31)12-22(15)24(29)26-13-18(14-26)23(28)25-16(2)20-9-5-7-17-6-3-4-8-21(17)20/h3-12,16,18H,13-14H2,1-2H3,(H,25,28). The highest BCUT2D eigenvalue weighted by Crippen LogP contribution is 2.27. The van der Waals surface area contributed by atoms with Crippen LogP contribution in [-0.4, -0.2) is 34.7 Å². The molecule has 0 spiro atoms. The number of nitro groups is 1. The zero-order chi connectivity index (χ0) is 22.1. The van der Waals surface area contributed by atoms with Crippen LogP contribution in [0, 0.1) is 23.0 Å². The number of amides is 2. The molecule has 158 valence electrons. The predicted molar refractivity (Wildman–Crippen MR) is 118 cm³/mol. The fraction of sp³-hybridized carbons (Fsp3) is 0.250. The smallest absolute Gasteiger partial charge is 0.270 e. The largest absolute Gasteiger partial charge is 0.349 e. The van der Waals surface area contributed by atoms with Gasteiger partial charge in [0.1, 0.15) is 0 Å². The van der Waals surface area contributed by atoms with Gasteiger partial charge in [-0.15, -0.1) is 0 Å². The molecular formula is C24H23N3O4. The lowest BCUT2D eigenvalue weighted by atomic mass is 9.95. The summed E-state index contributed by atoms with van der Waals surface area (Å²) in [6, 6.07) is 18.2. The Bertz CT molecular complexity index is 1180. The van der Waals surface area contributed by atoms with Crippen molar-refractivity contribution in [1.29, 1.82) is 0 Å². The Morgan fingerprint density at radius 1 is 1.10 bits per heavy atom. The number of carbonyl (C=O) groups excluding carboxylic acids is 2. The normalized spacial score (nSPS) is 14.7. The Balaban J connectivity index is 1.40. The quantitative estimate of drug-likeness (QED) is 0.502. The summed E-state index contributed by atoms with van der Waals surface area (Å²) in [5, 5.41) is 16.3. The molecule has 7 nitrogen and oxygen atoms in total. The maximum atomic E-state index is 12.8. The van der Waals surface area contributed by atoms with Crippen LogP contribution >= 0.6 is 0 Å². The molecule has 4 rings (SSSR count). The van der Waals surface area contributed by atoms with Gasteiger partial charge in [0, 0.05) is 30.8 Å². The lowest BCUT2D eigenvalue weighted by Gasteiger charge is -2.39. The summed E-state index contributed by atoms with van der Waals surface area (Å²) in [5.41, 5.74) is 1.91. The third-order valence-corrected chi connectivity index (χ3v) is 5.85. The van der Waals surface area contributed by atoms with Crippen molar-refractivity contribution in [3.05, 3.63) is 87.5 Å². The maximum Gasteiger partial charge on any atom is 0.270 e. The van der Waals surface area contributed by atoms with Gasteiger partial charge in [-0.25, -0.2) is 0 Å². The van der Waals surface area contributed by atoms with E-state index in [9.17, 15) is 19.7 Å². The van der Waals surface area contributed by atoms with Crippen molar-refractivity contribution in [2.24, 2.45) is 5.92 Å². The number of nitrogens with one attached hydrogen (secondary N) is 1. The Morgan fingerprint density at radius 2 is 1.81 bits per heavy atom. The van der Waals surface area contributed by atoms with Gasteiger partial charge >= 0.3 is 0 Å². The average molecular weight is 417 g/mol. The SMILES string of the molecule is Cc1ccc([N+](=O)[O-])cc1C(=O)N1CC(C(=O)NC(C)c2cccc3ccccc23)C1. The Hall–Kier alpha value is -3.74. The summed E-state index contributed by atoms with van der Waals surface area (Å²) in [6.07, 6.45) is 0. The van der Waals surface area contributed by atoms with Crippen molar-refractivity contribution < 1.29 is 14.5 Å². The summed E-state index contributed by atoms with van der Waals surface area (Å²) in [4.78, 5) is 37.5. The molecule has 0 radical (unpaired) electrons. The van der Waals surface area contributed by atoms with Crippen LogP contribution in [0.4, 0.5) is 5.69 Å². The number of non-ortho nitro benzene ring substituents is 1. The number of hydrogen-bond donors (Lipinski definition) is 1. The van der Waals surface area contributed by atoms with Gasteiger partial charge in [0.05, 0.1) is 16.9 Å². The molecule has 1 fully saturated rings. The second-order valence-electron chi connectivity index (χ2n) is 7.96. The van der Waals surface area contributed by atoms with Crippen molar-refractivity contribution in [2.75, 3.05) is 13.1 Å². The molecule has 0 saturated carbocycles. The van der Waals surface area contributed by atoms with Gasteiger partial charge in [-0.3, -0.25) is 19.7 Å². The first-order valence-electron chi connectivity index (χ1n) is 10.2. The molecule has 3 aromatic rings. The molecule has 0 bridgehead atoms. The van der Waals surface area contributed by atoms with Crippen molar-refractivity contribution >= 4 is 28.3 Å². The summed E-state index contributed by atoms with van der Waals surface area (Å²) in [6.45, 7) is 4.30. The first kappa shape index (κ1) is 20.5. The fourth-order valence-corrected chi connectivity index (χ4v) is 3.97. The number of nitro benzene ring substituents is 1. The molecule has 31 heavy (non-hydrogen) atoms. The lowest BCUT2D eigenvalue weighted by molar-refractivity contribution is -0.384. The highest BCUT2D eigenvalue weighted by molar-refractivity contribution is 5.98. The summed E-state index contributed by atoms with van der Waals surface area (Å²) < 4.78 is 0. The number of fused-ring (bicyclic) bond motifs is 1. The minimum Gasteiger partial charge on any atom is -0.349 e. The van der Waals surface area contributed by atoms with E-state index < -0.39 is 4.92 Å². The van der Waals surface area contributed by atoms with E-state index in [1.165, 1.54) is 12.1 Å². The Labute approximate surface area is 179 Å². The van der Waals surface area contributed by atoms with Crippen molar-refractivity contribution in [2.45, 2.75) is 19.9 Å². The van der Waals surface area contributed by atoms with E-state index in [1.807, 2.05) is 49.4 Å². The Morgan fingerprint density at radius 3 is 2.55 bits per heavy atom. The molecule has 0 aromatic heterocycles. The molecule has 1 atom stereocenters. The van der Waals surface area contributed by atoms with Crippen LogP contribution in [-0.2, 0) is 4.79 Å². The van der Waals surface area contributed by atoms with E-state index in [0.717, 1.165) is 16.3 Å². The van der Waals surface area contributed by atoms with E-state index in [1.54, 1.807) is 17.9 Å². The third-order valence-electron chi connectivity index (χ3n) is 5.85. The molecule has 1 aliphatic rings. The number of carbonyl (C=O) groups is 2. The number of aryl methyl sites for hydroxylation is 1. The summed E-state index contributed by atoms with van der Waals surface area (Å²) in [7, 11) is 0. The molecule has 3 aromatic carbocycles. The first-order chi connectivity index (χ1) is 14.8. The van der Waals surface area contributed by atoms with Crippen LogP contribution in [0.5, 0.6) is 0 Å². The van der Waals surface area contributed by atoms with Gasteiger partial charge in [0.25, 0.3) is 11.6 Å². The molecular weight excluding hydrogens is 394 g/mol. The third kappa shape index (κ3) is 3.99. The molecule has 1 aliphatic heterocycles. The second-order valence-corrected chi connectivity index (χ2v) is 7.96. The number of hydrogen-bond acceptors (Lipinski definition) is 4. The minimum atomic E-state index is -0.517. The maximum absolute atomic E-state index is 12.8. The molecule has 2 amide bonds. The highest BCUT2D eigenvalue weighted by atomic mass is 16.6. The molecule has 1 N–H and O–H groups in total. The minimum absolute atomic E-state index is 0.0970. The predicted octanol–water partition coefficient (Wildman–Crippen LogP) is 4.01. The van der Waals surface area contributed by atoms with Crippen LogP contribution < -0.4 is 5.32 Å². The molecule has 1 heterocycles. The van der Waals surface area contributed by atoms with E-state index >= 15 is 0 Å². The molecule has 1 saturated heterocycles. The van der Waals surface area contributed by atoms with Gasteiger partial charge in [-0.2, -0.15) is 0 Å². The van der Waals surface area contributed by atoms with Crippen molar-refractivity contribution in [3.63, 3.8) is 0 Å². The van der Waals surface area contributed by atoms with Gasteiger partial charge in [0.15, 0.2) is 0 Å². The molecule has 0 aliphatic carbocycles. The van der Waals surface area contributed by atoms with Crippen LogP contribution in [0.25, 0.3) is 10.8 Å². The van der Waals surface area contributed by atoms with Gasteiger partial charge in [0.2, 0.25) is 5.91 Å². The van der Waals surface area contributed by atoms with E-state index in [0.29, 0.717) is 24.2 Å². The van der Waals surface area contributed by atoms with Gasteiger partial charge in [-0.05, 0) is 35.7 Å². The summed E-state index contributed by atoms with van der Waals surface area (Å²) in [5.74, 6) is -0.673. The lowest BCUT2D eigenvalue weighted by Crippen LogP contribution is -2.56. The Kier molecular flexibility index (Phi) is 5.42. The molecule has 7 heteroatoms. The van der Waals surface area contributed by atoms with E-state index in [4.69, 9.17) is 0 Å². The molecule has 1 unspecified atom stereocenters. The van der Waals surface area contributed by atoms with Crippen molar-refractivity contribution in [3.8, 4) is 0 Å². The van der Waals surface area contributed by atoms with Gasteiger partial charge in [-0.1, -0.05) is 48.5 Å². The zero-order valence-corrected chi connectivity index (χ0v) is 17.4. The monoisotopic (exact) mass is 417 g/mol. The average Bonchev–Trinajstić information content (AvgIpc) is 2.72. The second kappa shape index (κ2) is 8.18. The van der Waals surface area contributed by atoms with E-state index in [-0.39, 0.29) is 29.5 Å². The summed E-state index contributed by atoms with van der Waals surface area (Å²) >= 11 is 0. The number of likely N-dealkylation sites (tertiary alicyclic amines) is 1. The van der Waals surface area contributed by atoms with Crippen LogP contribution in [0.15, 0.2) is 60.7 Å². The van der Waals surface area contributed by atoms with Crippen LogP contribution in [0.3, 0.4) is 0 Å². The first-order valence-corrected chi connectivity index (χ1v) is 10.2. The number of rotatable bonds is 5. The van der Waals surface area contributed by atoms with E-state index in [2.05, 4.69) is 5.32 Å².